The molecule has 4 heterocycles. The van der Waals surface area contributed by atoms with Gasteiger partial charge in [-0.05, 0) is 50.8 Å². The van der Waals surface area contributed by atoms with E-state index in [1.54, 1.807) is 12.1 Å². The van der Waals surface area contributed by atoms with E-state index < -0.39 is 216 Å². The summed E-state index contributed by atoms with van der Waals surface area (Å²) in [7, 11) is 0. The molecule has 5 rings (SSSR count). The van der Waals surface area contributed by atoms with Crippen LogP contribution < -0.4 is 31.3 Å². The molecular formula is C57H93N5O27. The van der Waals surface area contributed by atoms with Crippen molar-refractivity contribution in [1.29, 1.82) is 0 Å². The van der Waals surface area contributed by atoms with Crippen LogP contribution in [0, 0.1) is 0 Å². The Morgan fingerprint density at radius 3 is 1.47 bits per heavy atom. The molecule has 0 spiro atoms. The number of hydrogen-bond acceptors (Lipinski definition) is 27. The van der Waals surface area contributed by atoms with Crippen molar-refractivity contribution in [2.24, 2.45) is 0 Å². The zero-order chi connectivity index (χ0) is 65.6. The van der Waals surface area contributed by atoms with Crippen LogP contribution in [0.15, 0.2) is 36.4 Å². The van der Waals surface area contributed by atoms with Gasteiger partial charge < -0.3 is 135 Å². The fourth-order valence-electron chi connectivity index (χ4n) is 10.7. The van der Waals surface area contributed by atoms with Gasteiger partial charge in [-0.1, -0.05) is 44.4 Å². The van der Waals surface area contributed by atoms with Gasteiger partial charge in [0.05, 0.1) is 52.4 Å². The molecule has 12 unspecified atom stereocenters. The first-order valence-electron chi connectivity index (χ1n) is 29.9. The van der Waals surface area contributed by atoms with Gasteiger partial charge in [-0.2, -0.15) is 0 Å². The van der Waals surface area contributed by atoms with Crippen molar-refractivity contribution in [2.45, 2.75) is 234 Å². The topological polar surface area (TPSA) is 481 Å². The lowest BCUT2D eigenvalue weighted by molar-refractivity contribution is -0.364. The summed E-state index contributed by atoms with van der Waals surface area (Å²) in [6, 6.07) is -1.87. The lowest BCUT2D eigenvalue weighted by Crippen LogP contribution is -2.72. The van der Waals surface area contributed by atoms with Gasteiger partial charge in [0.25, 0.3) is 5.91 Å². The molecular weight excluding hydrogens is 1190 g/mol. The minimum absolute atomic E-state index is 0.0597. The number of carbonyl (C=O) groups is 5. The highest BCUT2D eigenvalue weighted by molar-refractivity contribution is 5.94. The molecule has 0 aromatic heterocycles. The van der Waals surface area contributed by atoms with Crippen molar-refractivity contribution >= 4 is 29.5 Å². The van der Waals surface area contributed by atoms with Crippen molar-refractivity contribution < 1.29 is 133 Å². The van der Waals surface area contributed by atoms with Crippen LogP contribution in [-0.4, -0.2) is 284 Å². The first-order valence-corrected chi connectivity index (χ1v) is 29.9. The number of aliphatic hydroxyl groups is 12. The predicted octanol–water partition coefficient (Wildman–Crippen LogP) is -5.59. The first kappa shape index (κ1) is 75.0. The Balaban J connectivity index is 1.33. The summed E-state index contributed by atoms with van der Waals surface area (Å²) >= 11 is 0. The molecule has 4 saturated heterocycles. The van der Waals surface area contributed by atoms with E-state index in [0.717, 1.165) is 53.4 Å². The van der Waals surface area contributed by atoms with Crippen LogP contribution in [0.25, 0.3) is 0 Å². The lowest BCUT2D eigenvalue weighted by atomic mass is 9.93. The van der Waals surface area contributed by atoms with Crippen molar-refractivity contribution in [2.75, 3.05) is 46.2 Å². The SMILES string of the molecule is CCCCCC/C=C\CCCOc1cccc(C(=O)N[C@@H]2C(O[C@H]3C(O)C(NC(C)=O)[C@H](OC4C(CO)O[C@@H](O[C@H]5C(O)C(NC(C)=O)C(OC(C)C(CO)OC(O)[C@H](CO)NC(C)=O)O[C@H]5CO)[C@@H](NC(C)=O)[C@H]4O)O[C@H]3CO)OC(CO)[C@@H](O)[C@@H]2O)c1. The van der Waals surface area contributed by atoms with Crippen molar-refractivity contribution in [3.8, 4) is 5.75 Å². The number of ether oxygens (including phenoxy) is 10. The van der Waals surface area contributed by atoms with Gasteiger partial charge in [-0.25, -0.2) is 0 Å². The highest BCUT2D eigenvalue weighted by atomic mass is 16.8. The zero-order valence-corrected chi connectivity index (χ0v) is 50.7. The van der Waals surface area contributed by atoms with Crippen LogP contribution in [0.4, 0.5) is 0 Å². The summed E-state index contributed by atoms with van der Waals surface area (Å²) in [5.41, 5.74) is 0.0597. The van der Waals surface area contributed by atoms with E-state index in [9.17, 15) is 85.3 Å². The minimum Gasteiger partial charge on any atom is -0.494 e. The second kappa shape index (κ2) is 37.1. The van der Waals surface area contributed by atoms with Crippen molar-refractivity contribution in [1.82, 2.24) is 26.6 Å². The second-order valence-electron chi connectivity index (χ2n) is 22.3. The Morgan fingerprint density at radius 2 is 1.02 bits per heavy atom. The summed E-state index contributed by atoms with van der Waals surface area (Å²) in [5, 5.41) is 144. The third-order valence-corrected chi connectivity index (χ3v) is 15.3. The summed E-state index contributed by atoms with van der Waals surface area (Å²) in [6.45, 7) is 2.78. The third kappa shape index (κ3) is 21.1. The van der Waals surface area contributed by atoms with E-state index in [-0.39, 0.29) is 5.56 Å². The number of carbonyl (C=O) groups excluding carboxylic acids is 5. The summed E-state index contributed by atoms with van der Waals surface area (Å²) in [5.74, 6) is -3.41. The molecule has 1 aromatic rings. The number of hydrogen-bond donors (Lipinski definition) is 17. The maximum atomic E-state index is 13.9. The van der Waals surface area contributed by atoms with Gasteiger partial charge in [-0.15, -0.1) is 0 Å². The number of amides is 5. The van der Waals surface area contributed by atoms with E-state index in [1.807, 2.05) is 0 Å². The van der Waals surface area contributed by atoms with Gasteiger partial charge >= 0.3 is 0 Å². The molecule has 4 aliphatic rings. The van der Waals surface area contributed by atoms with E-state index in [1.165, 1.54) is 31.9 Å². The second-order valence-corrected chi connectivity index (χ2v) is 22.3. The zero-order valence-electron chi connectivity index (χ0n) is 50.7. The smallest absolute Gasteiger partial charge is 0.251 e. The summed E-state index contributed by atoms with van der Waals surface area (Å²) in [6.07, 6.45) is -21.8. The van der Waals surface area contributed by atoms with Gasteiger partial charge in [0.15, 0.2) is 31.5 Å². The molecule has 89 heavy (non-hydrogen) atoms. The van der Waals surface area contributed by atoms with E-state index in [4.69, 9.17) is 47.4 Å². The fourth-order valence-corrected chi connectivity index (χ4v) is 10.7. The Hall–Kier alpha value is -4.73. The molecule has 0 aliphatic carbocycles. The molecule has 0 bridgehead atoms. The highest BCUT2D eigenvalue weighted by Gasteiger charge is 2.57. The molecule has 1 aromatic carbocycles. The monoisotopic (exact) mass is 1280 g/mol. The number of unbranched alkanes of at least 4 members (excludes halogenated alkanes) is 5. The average Bonchev–Trinajstić information content (AvgIpc) is 2.52. The van der Waals surface area contributed by atoms with E-state index in [2.05, 4.69) is 45.7 Å². The standard InChI is InChI=1S/C57H93N5O27/c1-7-8-9-10-11-12-13-14-15-19-80-33-18-16-17-32(20-33)52(78)62-40-45(74)44(73)36(23-65)83-55(40)87-50-38(25-67)85-57(42(47(50)76)60-30(5)71)89-51-39(26-68)86-56(43(48(51)77)61-31(6)72)88-49-37(24-66)84-54(41(46(49)75)59-29(4)70)81-27(2)35(22-64)82-53(79)34(21-63)58-28(3)69/h12-13,16-18,20,27,34-51,53-57,63-68,73-77,79H,7-11,14-15,19,21-26H2,1-6H3,(H,58,69)(H,59,70)(H,60,71)(H,61,72)(H,62,78)/b13-12-/t27?,34-,35?,36?,37-,38-,39?,40-,41?,42?,43-,44+,45+,46?,47?,48+,49+,50+,51?,53?,54?,55?,56-,57-/m0/s1. The van der Waals surface area contributed by atoms with Gasteiger partial charge in [0.1, 0.15) is 115 Å². The van der Waals surface area contributed by atoms with Gasteiger partial charge in [-0.3, -0.25) is 24.0 Å². The number of benzene rings is 1. The fraction of sp³-hybridized carbons (Fsp3) is 0.772. The van der Waals surface area contributed by atoms with Crippen LogP contribution in [0.1, 0.15) is 96.8 Å². The molecule has 4 fully saturated rings. The molecule has 32 heteroatoms. The third-order valence-electron chi connectivity index (χ3n) is 15.3. The van der Waals surface area contributed by atoms with E-state index in [0.29, 0.717) is 18.8 Å². The summed E-state index contributed by atoms with van der Waals surface area (Å²) < 4.78 is 59.9. The number of nitrogens with one attached hydrogen (secondary N) is 5. The number of allylic oxidation sites excluding steroid dienone is 2. The molecule has 5 amide bonds. The molecule has 24 atom stereocenters. The largest absolute Gasteiger partial charge is 0.494 e. The molecule has 32 nitrogen and oxygen atoms in total. The maximum Gasteiger partial charge on any atom is 0.251 e. The quantitative estimate of drug-likeness (QED) is 0.0174. The Morgan fingerprint density at radius 1 is 0.562 bits per heavy atom. The maximum absolute atomic E-state index is 13.9. The molecule has 17 N–H and O–H groups in total. The summed E-state index contributed by atoms with van der Waals surface area (Å²) in [4.78, 5) is 63.8. The van der Waals surface area contributed by atoms with Crippen LogP contribution in [0.2, 0.25) is 0 Å². The minimum atomic E-state index is -2.01. The molecule has 4 aliphatic heterocycles. The first-order chi connectivity index (χ1) is 42.4. The molecule has 0 saturated carbocycles. The van der Waals surface area contributed by atoms with Gasteiger partial charge in [0, 0.05) is 33.3 Å². The number of aliphatic hydroxyl groups excluding tert-OH is 12. The predicted molar refractivity (Wildman–Crippen MR) is 304 cm³/mol. The number of rotatable bonds is 34. The van der Waals surface area contributed by atoms with Crippen LogP contribution in [-0.2, 0) is 61.8 Å². The van der Waals surface area contributed by atoms with E-state index >= 15 is 0 Å². The lowest BCUT2D eigenvalue weighted by Gasteiger charge is -2.51. The Labute approximate surface area is 515 Å². The highest BCUT2D eigenvalue weighted by Crippen LogP contribution is 2.35. The van der Waals surface area contributed by atoms with Crippen molar-refractivity contribution in [3.05, 3.63) is 42.0 Å². The van der Waals surface area contributed by atoms with Crippen LogP contribution in [0.5, 0.6) is 5.75 Å². The van der Waals surface area contributed by atoms with Crippen molar-refractivity contribution in [3.63, 3.8) is 0 Å². The van der Waals surface area contributed by atoms with Gasteiger partial charge in [0.2, 0.25) is 23.6 Å². The molecule has 0 radical (unpaired) electrons. The van der Waals surface area contributed by atoms with Crippen LogP contribution >= 0.6 is 0 Å². The normalized spacial score (nSPS) is 33.7. The Bertz CT molecular complexity index is 2370. The molecule has 508 valence electrons. The van der Waals surface area contributed by atoms with Crippen LogP contribution in [0.3, 0.4) is 0 Å². The average molecular weight is 1280 g/mol. The Kier molecular flexibility index (Phi) is 31.3.